The van der Waals surface area contributed by atoms with Crippen molar-refractivity contribution in [3.8, 4) is 0 Å². The van der Waals surface area contributed by atoms with Crippen molar-refractivity contribution in [3.63, 3.8) is 0 Å². The maximum absolute atomic E-state index is 12.1. The van der Waals surface area contributed by atoms with Crippen molar-refractivity contribution in [1.82, 2.24) is 10.2 Å². The number of nitrogens with two attached hydrogens (primary N) is 1. The molecule has 0 aromatic carbocycles. The van der Waals surface area contributed by atoms with Crippen LogP contribution < -0.4 is 11.1 Å². The molecule has 0 aliphatic carbocycles. The van der Waals surface area contributed by atoms with Gasteiger partial charge in [-0.05, 0) is 31.1 Å². The molecular weight excluding hydrogens is 274 g/mol. The van der Waals surface area contributed by atoms with E-state index >= 15 is 0 Å². The topological polar surface area (TPSA) is 113 Å². The standard InChI is InChI=1S/C14H25N3O4/c1-9(2)7-11(13(19)20)16-14(21)17-5-3-10(4-6-17)8-12(15)18/h9-11H,3-8H2,1-2H3,(H2,15,18)(H,16,21)(H,19,20). The monoisotopic (exact) mass is 299 g/mol. The van der Waals surface area contributed by atoms with Crippen LogP contribution in [0.25, 0.3) is 0 Å². The van der Waals surface area contributed by atoms with E-state index in [0.717, 1.165) is 12.8 Å². The van der Waals surface area contributed by atoms with Gasteiger partial charge in [-0.2, -0.15) is 0 Å². The van der Waals surface area contributed by atoms with E-state index in [-0.39, 0.29) is 23.8 Å². The molecule has 120 valence electrons. The first-order valence-electron chi connectivity index (χ1n) is 7.36. The minimum Gasteiger partial charge on any atom is -0.480 e. The number of hydrogen-bond donors (Lipinski definition) is 3. The van der Waals surface area contributed by atoms with Gasteiger partial charge in [0.05, 0.1) is 0 Å². The molecule has 1 fully saturated rings. The summed E-state index contributed by atoms with van der Waals surface area (Å²) in [6.45, 7) is 4.88. The number of primary amides is 1. The van der Waals surface area contributed by atoms with Crippen LogP contribution in [-0.2, 0) is 9.59 Å². The van der Waals surface area contributed by atoms with Crippen molar-refractivity contribution >= 4 is 17.9 Å². The number of urea groups is 1. The molecular formula is C14H25N3O4. The van der Waals surface area contributed by atoms with Crippen LogP contribution in [0.15, 0.2) is 0 Å². The molecule has 0 bridgehead atoms. The Labute approximate surface area is 124 Å². The van der Waals surface area contributed by atoms with Crippen LogP contribution in [0.3, 0.4) is 0 Å². The smallest absolute Gasteiger partial charge is 0.326 e. The van der Waals surface area contributed by atoms with Gasteiger partial charge >= 0.3 is 12.0 Å². The Bertz CT molecular complexity index is 390. The molecule has 0 aromatic heterocycles. The first kappa shape index (κ1) is 17.3. The lowest BCUT2D eigenvalue weighted by molar-refractivity contribution is -0.139. The van der Waals surface area contributed by atoms with E-state index in [2.05, 4.69) is 5.32 Å². The van der Waals surface area contributed by atoms with E-state index in [0.29, 0.717) is 25.9 Å². The van der Waals surface area contributed by atoms with Crippen LogP contribution in [0, 0.1) is 11.8 Å². The second kappa shape index (κ2) is 7.85. The molecule has 1 atom stereocenters. The summed E-state index contributed by atoms with van der Waals surface area (Å²) in [5, 5.41) is 11.7. The number of carbonyl (C=O) groups excluding carboxylic acids is 2. The van der Waals surface area contributed by atoms with Gasteiger partial charge in [0.2, 0.25) is 5.91 Å². The predicted octanol–water partition coefficient (Wildman–Crippen LogP) is 0.783. The quantitative estimate of drug-likeness (QED) is 0.672. The molecule has 1 heterocycles. The Balaban J connectivity index is 2.45. The van der Waals surface area contributed by atoms with Crippen molar-refractivity contribution in [3.05, 3.63) is 0 Å². The normalized spacial score (nSPS) is 17.6. The summed E-state index contributed by atoms with van der Waals surface area (Å²) in [5.74, 6) is -0.924. The summed E-state index contributed by atoms with van der Waals surface area (Å²) in [5.41, 5.74) is 5.17. The minimum absolute atomic E-state index is 0.188. The van der Waals surface area contributed by atoms with Crippen LogP contribution in [0.4, 0.5) is 4.79 Å². The second-order valence-corrected chi connectivity index (χ2v) is 6.07. The molecule has 1 rings (SSSR count). The number of rotatable bonds is 6. The average Bonchev–Trinajstić information content (AvgIpc) is 2.37. The first-order chi connectivity index (χ1) is 9.79. The van der Waals surface area contributed by atoms with Crippen molar-refractivity contribution in [2.45, 2.75) is 45.6 Å². The van der Waals surface area contributed by atoms with Gasteiger partial charge in [0.25, 0.3) is 0 Å². The summed E-state index contributed by atoms with van der Waals surface area (Å²) in [6, 6.07) is -1.21. The highest BCUT2D eigenvalue weighted by Gasteiger charge is 2.27. The number of carboxylic acids is 1. The van der Waals surface area contributed by atoms with Crippen LogP contribution in [0.2, 0.25) is 0 Å². The van der Waals surface area contributed by atoms with Gasteiger partial charge in [0.1, 0.15) is 6.04 Å². The van der Waals surface area contributed by atoms with Gasteiger partial charge in [-0.25, -0.2) is 9.59 Å². The van der Waals surface area contributed by atoms with Gasteiger partial charge in [-0.15, -0.1) is 0 Å². The number of nitrogens with zero attached hydrogens (tertiary/aromatic N) is 1. The third-order valence-corrected chi connectivity index (χ3v) is 3.69. The number of aliphatic carboxylic acids is 1. The number of likely N-dealkylation sites (tertiary alicyclic amines) is 1. The summed E-state index contributed by atoms with van der Waals surface area (Å²) in [4.78, 5) is 35.7. The van der Waals surface area contributed by atoms with E-state index in [1.54, 1.807) is 4.90 Å². The number of carboxylic acid groups (broad SMARTS) is 1. The second-order valence-electron chi connectivity index (χ2n) is 6.07. The number of piperidine rings is 1. The van der Waals surface area contributed by atoms with Crippen LogP contribution >= 0.6 is 0 Å². The molecule has 7 heteroatoms. The van der Waals surface area contributed by atoms with E-state index in [1.807, 2.05) is 13.8 Å². The zero-order valence-electron chi connectivity index (χ0n) is 12.7. The average molecular weight is 299 g/mol. The molecule has 1 aliphatic rings. The van der Waals surface area contributed by atoms with Gasteiger partial charge in [0.15, 0.2) is 0 Å². The summed E-state index contributed by atoms with van der Waals surface area (Å²) >= 11 is 0. The SMILES string of the molecule is CC(C)CC(NC(=O)N1CCC(CC(N)=O)CC1)C(=O)O. The number of nitrogens with one attached hydrogen (secondary N) is 1. The zero-order valence-corrected chi connectivity index (χ0v) is 12.7. The molecule has 0 radical (unpaired) electrons. The Morgan fingerprint density at radius 2 is 1.86 bits per heavy atom. The molecule has 7 nitrogen and oxygen atoms in total. The number of carbonyl (C=O) groups is 3. The van der Waals surface area contributed by atoms with Crippen LogP contribution in [0.5, 0.6) is 0 Å². The highest BCUT2D eigenvalue weighted by Crippen LogP contribution is 2.20. The Hall–Kier alpha value is -1.79. The molecule has 0 spiro atoms. The highest BCUT2D eigenvalue weighted by molar-refractivity contribution is 5.82. The van der Waals surface area contributed by atoms with Gasteiger partial charge in [-0.3, -0.25) is 4.79 Å². The van der Waals surface area contributed by atoms with Crippen molar-refractivity contribution < 1.29 is 19.5 Å². The molecule has 1 unspecified atom stereocenters. The minimum atomic E-state index is -1.01. The first-order valence-corrected chi connectivity index (χ1v) is 7.36. The van der Waals surface area contributed by atoms with Crippen molar-refractivity contribution in [2.75, 3.05) is 13.1 Å². The number of hydrogen-bond acceptors (Lipinski definition) is 3. The van der Waals surface area contributed by atoms with Crippen LogP contribution in [-0.4, -0.2) is 47.0 Å². The van der Waals surface area contributed by atoms with E-state index in [4.69, 9.17) is 10.8 Å². The molecule has 21 heavy (non-hydrogen) atoms. The fourth-order valence-corrected chi connectivity index (χ4v) is 2.56. The fraction of sp³-hybridized carbons (Fsp3) is 0.786. The zero-order chi connectivity index (χ0) is 16.0. The third kappa shape index (κ3) is 6.01. The summed E-state index contributed by atoms with van der Waals surface area (Å²) in [6.07, 6.45) is 2.19. The van der Waals surface area contributed by atoms with Crippen molar-refractivity contribution in [2.24, 2.45) is 17.6 Å². The lowest BCUT2D eigenvalue weighted by Gasteiger charge is -2.32. The molecule has 4 N–H and O–H groups in total. The fourth-order valence-electron chi connectivity index (χ4n) is 2.56. The maximum atomic E-state index is 12.1. The molecule has 1 saturated heterocycles. The van der Waals surface area contributed by atoms with E-state index < -0.39 is 12.0 Å². The Kier molecular flexibility index (Phi) is 6.45. The van der Waals surface area contributed by atoms with Crippen molar-refractivity contribution in [1.29, 1.82) is 0 Å². The molecule has 0 aromatic rings. The summed E-state index contributed by atoms with van der Waals surface area (Å²) in [7, 11) is 0. The van der Waals surface area contributed by atoms with E-state index in [9.17, 15) is 14.4 Å². The highest BCUT2D eigenvalue weighted by atomic mass is 16.4. The lowest BCUT2D eigenvalue weighted by Crippen LogP contribution is -2.50. The summed E-state index contributed by atoms with van der Waals surface area (Å²) < 4.78 is 0. The maximum Gasteiger partial charge on any atom is 0.326 e. The molecule has 0 saturated carbocycles. The van der Waals surface area contributed by atoms with Gasteiger partial charge < -0.3 is 21.1 Å². The Morgan fingerprint density at radius 3 is 2.29 bits per heavy atom. The largest absolute Gasteiger partial charge is 0.480 e. The van der Waals surface area contributed by atoms with Crippen LogP contribution in [0.1, 0.15) is 39.5 Å². The number of amides is 3. The van der Waals surface area contributed by atoms with E-state index in [1.165, 1.54) is 0 Å². The van der Waals surface area contributed by atoms with Gasteiger partial charge in [-0.1, -0.05) is 13.8 Å². The molecule has 3 amide bonds. The lowest BCUT2D eigenvalue weighted by atomic mass is 9.93. The molecule has 1 aliphatic heterocycles. The Morgan fingerprint density at radius 1 is 1.29 bits per heavy atom. The predicted molar refractivity (Wildman–Crippen MR) is 77.5 cm³/mol. The third-order valence-electron chi connectivity index (χ3n) is 3.69. The van der Waals surface area contributed by atoms with Gasteiger partial charge in [0, 0.05) is 19.5 Å².